The van der Waals surface area contributed by atoms with Crippen molar-refractivity contribution in [2.45, 2.75) is 39.2 Å². The van der Waals surface area contributed by atoms with Crippen molar-refractivity contribution in [1.29, 1.82) is 0 Å². The van der Waals surface area contributed by atoms with Crippen LogP contribution in [0, 0.1) is 12.8 Å². The molecule has 0 bridgehead atoms. The molecule has 0 aliphatic heterocycles. The molecule has 1 fully saturated rings. The Morgan fingerprint density at radius 3 is 2.89 bits per heavy atom. The Labute approximate surface area is 116 Å². The van der Waals surface area contributed by atoms with Gasteiger partial charge in [0.1, 0.15) is 10.6 Å². The molecular formula is C13H16ClN3S. The highest BCUT2D eigenvalue weighted by atomic mass is 35.5. The number of anilines is 1. The fourth-order valence-corrected chi connectivity index (χ4v) is 3.50. The van der Waals surface area contributed by atoms with Crippen LogP contribution in [0.5, 0.6) is 0 Å². The molecule has 1 unspecified atom stereocenters. The van der Waals surface area contributed by atoms with Gasteiger partial charge in [0.2, 0.25) is 5.28 Å². The number of rotatable bonds is 3. The summed E-state index contributed by atoms with van der Waals surface area (Å²) >= 11 is 7.65. The van der Waals surface area contributed by atoms with Crippen LogP contribution in [0.1, 0.15) is 31.1 Å². The van der Waals surface area contributed by atoms with E-state index in [0.29, 0.717) is 11.3 Å². The maximum absolute atomic E-state index is 5.99. The van der Waals surface area contributed by atoms with Gasteiger partial charge in [-0.1, -0.05) is 6.42 Å². The third-order valence-corrected chi connectivity index (χ3v) is 4.82. The normalized spacial score (nSPS) is 17.7. The number of aromatic nitrogens is 2. The molecule has 5 heteroatoms. The Hall–Kier alpha value is -0.870. The van der Waals surface area contributed by atoms with E-state index >= 15 is 0 Å². The SMILES string of the molecule is Cc1cc2c(NC(C)C3CCC3)nc(Cl)nc2s1. The highest BCUT2D eigenvalue weighted by Gasteiger charge is 2.24. The molecule has 1 atom stereocenters. The quantitative estimate of drug-likeness (QED) is 0.855. The van der Waals surface area contributed by atoms with Gasteiger partial charge in [-0.25, -0.2) is 9.97 Å². The number of nitrogens with zero attached hydrogens (tertiary/aromatic N) is 2. The molecule has 2 aromatic rings. The number of halogens is 1. The van der Waals surface area contributed by atoms with E-state index in [1.165, 1.54) is 24.1 Å². The van der Waals surface area contributed by atoms with E-state index in [1.54, 1.807) is 11.3 Å². The lowest BCUT2D eigenvalue weighted by molar-refractivity contribution is 0.285. The summed E-state index contributed by atoms with van der Waals surface area (Å²) in [6.45, 7) is 4.31. The van der Waals surface area contributed by atoms with Crippen LogP contribution in [-0.2, 0) is 0 Å². The van der Waals surface area contributed by atoms with Crippen LogP contribution in [0.2, 0.25) is 5.28 Å². The van der Waals surface area contributed by atoms with Gasteiger partial charge in [0.25, 0.3) is 0 Å². The van der Waals surface area contributed by atoms with E-state index in [-0.39, 0.29) is 0 Å². The molecule has 96 valence electrons. The molecule has 2 aromatic heterocycles. The van der Waals surface area contributed by atoms with Gasteiger partial charge in [0.05, 0.1) is 5.39 Å². The summed E-state index contributed by atoms with van der Waals surface area (Å²) in [5, 5.41) is 4.93. The second-order valence-corrected chi connectivity index (χ2v) is 6.61. The predicted molar refractivity (Wildman–Crippen MR) is 77.6 cm³/mol. The van der Waals surface area contributed by atoms with Crippen molar-refractivity contribution in [1.82, 2.24) is 9.97 Å². The molecule has 3 rings (SSSR count). The molecule has 1 aliphatic carbocycles. The van der Waals surface area contributed by atoms with Gasteiger partial charge < -0.3 is 5.32 Å². The molecule has 1 N–H and O–H groups in total. The number of aryl methyl sites for hydroxylation is 1. The first-order valence-corrected chi connectivity index (χ1v) is 7.53. The summed E-state index contributed by atoms with van der Waals surface area (Å²) in [5.74, 6) is 1.65. The largest absolute Gasteiger partial charge is 0.367 e. The van der Waals surface area contributed by atoms with E-state index in [2.05, 4.69) is 35.2 Å². The van der Waals surface area contributed by atoms with Crippen LogP contribution < -0.4 is 5.32 Å². The van der Waals surface area contributed by atoms with Gasteiger partial charge in [-0.15, -0.1) is 11.3 Å². The Bertz CT molecular complexity index is 577. The third-order valence-electron chi connectivity index (χ3n) is 3.71. The first kappa shape index (κ1) is 12.2. The van der Waals surface area contributed by atoms with Gasteiger partial charge in [0.15, 0.2) is 0 Å². The van der Waals surface area contributed by atoms with Crippen molar-refractivity contribution in [3.63, 3.8) is 0 Å². The topological polar surface area (TPSA) is 37.8 Å². The third kappa shape index (κ3) is 2.19. The number of fused-ring (bicyclic) bond motifs is 1. The van der Waals surface area contributed by atoms with Crippen LogP contribution in [-0.4, -0.2) is 16.0 Å². The van der Waals surface area contributed by atoms with Crippen molar-refractivity contribution >= 4 is 39.0 Å². The highest BCUT2D eigenvalue weighted by Crippen LogP contribution is 2.34. The fraction of sp³-hybridized carbons (Fsp3) is 0.538. The van der Waals surface area contributed by atoms with Gasteiger partial charge in [-0.3, -0.25) is 0 Å². The second-order valence-electron chi connectivity index (χ2n) is 5.04. The maximum atomic E-state index is 5.99. The average Bonchev–Trinajstić information content (AvgIpc) is 2.55. The summed E-state index contributed by atoms with van der Waals surface area (Å²) in [6, 6.07) is 2.58. The Kier molecular flexibility index (Phi) is 3.16. The lowest BCUT2D eigenvalue weighted by atomic mass is 9.80. The number of nitrogens with one attached hydrogen (secondary N) is 1. The van der Waals surface area contributed by atoms with Crippen molar-refractivity contribution in [3.8, 4) is 0 Å². The fourth-order valence-electron chi connectivity index (χ4n) is 2.40. The van der Waals surface area contributed by atoms with Crippen LogP contribution in [0.3, 0.4) is 0 Å². The Balaban J connectivity index is 1.94. The van der Waals surface area contributed by atoms with Crippen LogP contribution >= 0.6 is 22.9 Å². The molecule has 3 nitrogen and oxygen atoms in total. The van der Waals surface area contributed by atoms with E-state index in [4.69, 9.17) is 11.6 Å². The van der Waals surface area contributed by atoms with E-state index in [0.717, 1.165) is 22.0 Å². The molecule has 18 heavy (non-hydrogen) atoms. The average molecular weight is 282 g/mol. The number of thiophene rings is 1. The van der Waals surface area contributed by atoms with Crippen molar-refractivity contribution in [2.24, 2.45) is 5.92 Å². The first-order valence-electron chi connectivity index (χ1n) is 6.33. The van der Waals surface area contributed by atoms with E-state index in [9.17, 15) is 0 Å². The lowest BCUT2D eigenvalue weighted by Gasteiger charge is -2.32. The zero-order valence-electron chi connectivity index (χ0n) is 10.5. The minimum absolute atomic E-state index is 0.327. The number of hydrogen-bond acceptors (Lipinski definition) is 4. The number of hydrogen-bond donors (Lipinski definition) is 1. The summed E-state index contributed by atoms with van der Waals surface area (Å²) in [6.07, 6.45) is 3.99. The van der Waals surface area contributed by atoms with Gasteiger partial charge in [-0.05, 0) is 50.3 Å². The summed E-state index contributed by atoms with van der Waals surface area (Å²) in [4.78, 5) is 10.8. The van der Waals surface area contributed by atoms with Crippen molar-refractivity contribution in [2.75, 3.05) is 5.32 Å². The summed E-state index contributed by atoms with van der Waals surface area (Å²) < 4.78 is 0. The van der Waals surface area contributed by atoms with Crippen molar-refractivity contribution < 1.29 is 0 Å². The minimum atomic E-state index is 0.327. The van der Waals surface area contributed by atoms with Crippen molar-refractivity contribution in [3.05, 3.63) is 16.2 Å². The van der Waals surface area contributed by atoms with E-state index < -0.39 is 0 Å². The van der Waals surface area contributed by atoms with Crippen LogP contribution in [0.4, 0.5) is 5.82 Å². The molecule has 0 saturated heterocycles. The maximum Gasteiger partial charge on any atom is 0.225 e. The minimum Gasteiger partial charge on any atom is -0.367 e. The standard InChI is InChI=1S/C13H16ClN3S/c1-7-6-10-11(15-8(2)9-4-3-5-9)16-13(14)17-12(10)18-7/h6,8-9H,3-5H2,1-2H3,(H,15,16,17). The highest BCUT2D eigenvalue weighted by molar-refractivity contribution is 7.18. The summed E-state index contributed by atoms with van der Waals surface area (Å²) in [5.41, 5.74) is 0. The van der Waals surface area contributed by atoms with Crippen LogP contribution in [0.15, 0.2) is 6.07 Å². The first-order chi connectivity index (χ1) is 8.63. The zero-order valence-corrected chi connectivity index (χ0v) is 12.1. The lowest BCUT2D eigenvalue weighted by Crippen LogP contribution is -2.31. The molecule has 0 aromatic carbocycles. The zero-order chi connectivity index (χ0) is 12.7. The molecule has 1 saturated carbocycles. The van der Waals surface area contributed by atoms with Crippen LogP contribution in [0.25, 0.3) is 10.2 Å². The van der Waals surface area contributed by atoms with Gasteiger partial charge in [0, 0.05) is 10.9 Å². The molecule has 2 heterocycles. The molecule has 0 amide bonds. The molecular weight excluding hydrogens is 266 g/mol. The Morgan fingerprint density at radius 2 is 2.22 bits per heavy atom. The molecule has 0 radical (unpaired) electrons. The predicted octanol–water partition coefficient (Wildman–Crippen LogP) is 4.25. The molecule has 1 aliphatic rings. The Morgan fingerprint density at radius 1 is 1.44 bits per heavy atom. The van der Waals surface area contributed by atoms with Gasteiger partial charge in [-0.2, -0.15) is 0 Å². The second kappa shape index (κ2) is 4.67. The smallest absolute Gasteiger partial charge is 0.225 e. The van der Waals surface area contributed by atoms with E-state index in [1.807, 2.05) is 0 Å². The summed E-state index contributed by atoms with van der Waals surface area (Å²) in [7, 11) is 0. The molecule has 0 spiro atoms. The van der Waals surface area contributed by atoms with Gasteiger partial charge >= 0.3 is 0 Å². The monoisotopic (exact) mass is 281 g/mol.